The second-order valence-corrected chi connectivity index (χ2v) is 20.1. The molecule has 372 valence electrons. The number of ether oxygens (including phenoxy) is 6. The molecule has 3 saturated heterocycles. The van der Waals surface area contributed by atoms with Crippen LogP contribution >= 0.6 is 0 Å². The zero-order valence-corrected chi connectivity index (χ0v) is 40.7. The van der Waals surface area contributed by atoms with E-state index in [1.807, 2.05) is 56.3 Å². The minimum Gasteiger partial charge on any atom is -0.464 e. The standard InChI is InChI=1S/C49H76N2O15/c1-26-24-47(7,58)44(66-46-40(54)34(51(10)11)22-27(2)62-46)29(4)41(65-38-25-48(8,60-12)43(56)31(6)63-38)30(5)45(57)64-36(49(9,59)42(55)28(3)39(26)53)19-20-50-37(52)23-32-15-17-33(18-16-32)35-14-13-21-61-35/h13-18,21,26-31,34,36,38,40-44,46,54-56,58-59H,19-20,22-25H2,1-12H3,(H,50,52)/t26-,27-,28+,29+,30-,31+,34+,36-,38+,40-,41+,42-,43+,44-,46+,47-,48-,49-/m1/s1. The number of aliphatic hydroxyl groups is 5. The molecule has 1 aromatic heterocycles. The van der Waals surface area contributed by atoms with Crippen molar-refractivity contribution in [2.24, 2.45) is 23.7 Å². The maximum absolute atomic E-state index is 14.7. The summed E-state index contributed by atoms with van der Waals surface area (Å²) in [6.07, 6.45) is -9.51. The molecule has 18 atom stereocenters. The van der Waals surface area contributed by atoms with Gasteiger partial charge in [-0.25, -0.2) is 0 Å². The van der Waals surface area contributed by atoms with Crippen molar-refractivity contribution >= 4 is 17.7 Å². The van der Waals surface area contributed by atoms with Crippen LogP contribution in [0.25, 0.3) is 11.3 Å². The smallest absolute Gasteiger partial charge is 0.311 e. The zero-order chi connectivity index (χ0) is 49.1. The third-order valence-corrected chi connectivity index (χ3v) is 14.3. The lowest BCUT2D eigenvalue weighted by molar-refractivity contribution is -0.318. The molecular formula is C49H76N2O15. The van der Waals surface area contributed by atoms with Gasteiger partial charge in [-0.15, -0.1) is 0 Å². The Morgan fingerprint density at radius 1 is 0.894 bits per heavy atom. The van der Waals surface area contributed by atoms with Crippen LogP contribution in [0.4, 0.5) is 0 Å². The fourth-order valence-electron chi connectivity index (χ4n) is 10.1. The number of nitrogens with zero attached hydrogens (tertiary/aromatic N) is 1. The third-order valence-electron chi connectivity index (χ3n) is 14.3. The topological polar surface area (TPSA) is 236 Å². The summed E-state index contributed by atoms with van der Waals surface area (Å²) in [6, 6.07) is 10.6. The average molecular weight is 933 g/mol. The second kappa shape index (κ2) is 22.0. The average Bonchev–Trinajstić information content (AvgIpc) is 3.81. The molecule has 17 heteroatoms. The van der Waals surface area contributed by atoms with Crippen LogP contribution in [0, 0.1) is 23.7 Å². The molecule has 3 aliphatic heterocycles. The number of benzene rings is 1. The molecule has 66 heavy (non-hydrogen) atoms. The monoisotopic (exact) mass is 933 g/mol. The van der Waals surface area contributed by atoms with Crippen LogP contribution < -0.4 is 5.32 Å². The van der Waals surface area contributed by atoms with Crippen LogP contribution in [0.5, 0.6) is 0 Å². The predicted molar refractivity (Wildman–Crippen MR) is 241 cm³/mol. The van der Waals surface area contributed by atoms with Crippen molar-refractivity contribution in [2.45, 2.75) is 179 Å². The lowest BCUT2D eigenvalue weighted by Crippen LogP contribution is -2.61. The molecule has 0 unspecified atom stereocenters. The number of hydrogen-bond donors (Lipinski definition) is 6. The van der Waals surface area contributed by atoms with Crippen LogP contribution in [0.15, 0.2) is 47.1 Å². The summed E-state index contributed by atoms with van der Waals surface area (Å²) in [7, 11) is 5.13. The van der Waals surface area contributed by atoms with Gasteiger partial charge in [0.25, 0.3) is 0 Å². The molecule has 2 aromatic rings. The number of Topliss-reactive ketones (excluding diaryl/α,β-unsaturated/α-hetero) is 1. The van der Waals surface area contributed by atoms with E-state index in [0.717, 1.165) is 11.1 Å². The number of carbonyl (C=O) groups is 3. The lowest BCUT2D eigenvalue weighted by Gasteiger charge is -2.49. The van der Waals surface area contributed by atoms with E-state index in [-0.39, 0.29) is 50.3 Å². The summed E-state index contributed by atoms with van der Waals surface area (Å²) < 4.78 is 43.1. The third kappa shape index (κ3) is 12.3. The minimum absolute atomic E-state index is 0.0327. The summed E-state index contributed by atoms with van der Waals surface area (Å²) in [5, 5.41) is 62.0. The van der Waals surface area contributed by atoms with E-state index in [0.29, 0.717) is 12.2 Å². The van der Waals surface area contributed by atoms with Gasteiger partial charge in [-0.1, -0.05) is 45.0 Å². The fourth-order valence-corrected chi connectivity index (χ4v) is 10.1. The highest BCUT2D eigenvalue weighted by Crippen LogP contribution is 2.41. The zero-order valence-electron chi connectivity index (χ0n) is 40.7. The summed E-state index contributed by atoms with van der Waals surface area (Å²) in [5.41, 5.74) is -3.61. The van der Waals surface area contributed by atoms with E-state index in [1.54, 1.807) is 46.9 Å². The van der Waals surface area contributed by atoms with Gasteiger partial charge in [-0.3, -0.25) is 14.4 Å². The van der Waals surface area contributed by atoms with Crippen molar-refractivity contribution in [1.82, 2.24) is 10.2 Å². The number of furan rings is 1. The van der Waals surface area contributed by atoms with E-state index in [9.17, 15) is 39.9 Å². The number of amides is 1. The highest BCUT2D eigenvalue weighted by Gasteiger charge is 2.53. The molecule has 0 spiro atoms. The summed E-state index contributed by atoms with van der Waals surface area (Å²) >= 11 is 0. The van der Waals surface area contributed by atoms with E-state index < -0.39 is 108 Å². The quantitative estimate of drug-likeness (QED) is 0.167. The van der Waals surface area contributed by atoms with Crippen molar-refractivity contribution in [3.05, 3.63) is 48.2 Å². The molecule has 5 rings (SSSR count). The van der Waals surface area contributed by atoms with Crippen molar-refractivity contribution in [3.63, 3.8) is 0 Å². The Balaban J connectivity index is 1.49. The molecule has 3 fully saturated rings. The normalized spacial score (nSPS) is 41.0. The molecule has 6 N–H and O–H groups in total. The number of nitrogens with one attached hydrogen (secondary N) is 1. The molecule has 17 nitrogen and oxygen atoms in total. The van der Waals surface area contributed by atoms with Gasteiger partial charge in [-0.05, 0) is 86.2 Å². The van der Waals surface area contributed by atoms with Crippen LogP contribution in [-0.2, 0) is 49.2 Å². The Morgan fingerprint density at radius 3 is 2.17 bits per heavy atom. The van der Waals surface area contributed by atoms with Gasteiger partial charge < -0.3 is 68.6 Å². The van der Waals surface area contributed by atoms with Crippen molar-refractivity contribution < 1.29 is 72.8 Å². The van der Waals surface area contributed by atoms with Gasteiger partial charge in [0.2, 0.25) is 5.91 Å². The minimum atomic E-state index is -2.22. The highest BCUT2D eigenvalue weighted by molar-refractivity contribution is 5.83. The van der Waals surface area contributed by atoms with Gasteiger partial charge >= 0.3 is 5.97 Å². The van der Waals surface area contributed by atoms with Crippen LogP contribution in [0.3, 0.4) is 0 Å². The number of esters is 1. The highest BCUT2D eigenvalue weighted by atomic mass is 16.7. The maximum Gasteiger partial charge on any atom is 0.311 e. The number of aliphatic hydroxyl groups excluding tert-OH is 3. The van der Waals surface area contributed by atoms with Crippen molar-refractivity contribution in [1.29, 1.82) is 0 Å². The maximum atomic E-state index is 14.7. The Hall–Kier alpha value is -3.33. The van der Waals surface area contributed by atoms with Gasteiger partial charge in [0.15, 0.2) is 12.6 Å². The number of methoxy groups -OCH3 is 1. The number of ketones is 1. The van der Waals surface area contributed by atoms with E-state index >= 15 is 0 Å². The van der Waals surface area contributed by atoms with E-state index in [2.05, 4.69) is 5.32 Å². The molecule has 0 radical (unpaired) electrons. The number of carbonyl (C=O) groups excluding carboxylic acids is 3. The summed E-state index contributed by atoms with van der Waals surface area (Å²) in [5.74, 6) is -5.26. The molecule has 1 aromatic carbocycles. The van der Waals surface area contributed by atoms with E-state index in [1.165, 1.54) is 27.9 Å². The molecule has 0 aliphatic carbocycles. The first-order valence-electron chi connectivity index (χ1n) is 23.3. The van der Waals surface area contributed by atoms with Crippen molar-refractivity contribution in [3.8, 4) is 11.3 Å². The molecule has 3 aliphatic rings. The molecule has 0 saturated carbocycles. The molecule has 4 heterocycles. The molecule has 1 amide bonds. The Bertz CT molecular complexity index is 1890. The summed E-state index contributed by atoms with van der Waals surface area (Å²) in [4.78, 5) is 44.0. The SMILES string of the molecule is CO[C@]1(C)C[C@H](O[C@H]2[C@H](C)[C@@H](O[C@@H]3O[C@H](C)C[C@H](N(C)C)[C@H]3O)[C@](C)(O)C[C@@H](C)C(=O)[C@H](C)[C@@H](O)[C@](C)(O)[C@@H](CCNC(=O)Cc3ccc(-c4ccco4)cc3)OC(=O)[C@@H]2C)O[C@@H](C)[C@@H]1O. The number of cyclic esters (lactones) is 1. The molecular weight excluding hydrogens is 857 g/mol. The van der Waals surface area contributed by atoms with Crippen molar-refractivity contribution in [2.75, 3.05) is 27.7 Å². The first kappa shape index (κ1) is 53.6. The lowest BCUT2D eigenvalue weighted by atomic mass is 9.74. The van der Waals surface area contributed by atoms with Gasteiger partial charge in [0, 0.05) is 55.9 Å². The number of rotatable bonds is 12. The largest absolute Gasteiger partial charge is 0.464 e. The van der Waals surface area contributed by atoms with E-state index in [4.69, 9.17) is 32.8 Å². The second-order valence-electron chi connectivity index (χ2n) is 20.1. The van der Waals surface area contributed by atoms with Gasteiger partial charge in [0.1, 0.15) is 35.5 Å². The fraction of sp³-hybridized carbons (Fsp3) is 0.735. The predicted octanol–water partition coefficient (Wildman–Crippen LogP) is 3.38. The van der Waals surface area contributed by atoms with Crippen LogP contribution in [0.1, 0.15) is 93.6 Å². The molecule has 0 bridgehead atoms. The Labute approximate surface area is 389 Å². The first-order valence-corrected chi connectivity index (χ1v) is 23.3. The Kier molecular flexibility index (Phi) is 17.8. The van der Waals surface area contributed by atoms with Crippen LogP contribution in [-0.4, -0.2) is 160 Å². The van der Waals surface area contributed by atoms with Crippen LogP contribution in [0.2, 0.25) is 0 Å². The number of likely N-dealkylation sites (N-methyl/N-ethyl adjacent to an activating group) is 1. The Morgan fingerprint density at radius 2 is 1.56 bits per heavy atom. The van der Waals surface area contributed by atoms with Gasteiger partial charge in [0.05, 0.1) is 60.3 Å². The first-order chi connectivity index (χ1) is 30.8. The number of hydrogen-bond acceptors (Lipinski definition) is 16. The van der Waals surface area contributed by atoms with Gasteiger partial charge in [-0.2, -0.15) is 0 Å². The summed E-state index contributed by atoms with van der Waals surface area (Å²) in [6.45, 7) is 14.3.